The van der Waals surface area contributed by atoms with Crippen LogP contribution in [0.4, 0.5) is 0 Å². The van der Waals surface area contributed by atoms with E-state index in [1.165, 1.54) is 12.0 Å². The van der Waals surface area contributed by atoms with Gasteiger partial charge in [0.1, 0.15) is 0 Å². The van der Waals surface area contributed by atoms with E-state index in [1.807, 2.05) is 25.0 Å². The van der Waals surface area contributed by atoms with Crippen LogP contribution >= 0.6 is 0 Å². The summed E-state index contributed by atoms with van der Waals surface area (Å²) in [5, 5.41) is 7.49. The van der Waals surface area contributed by atoms with Crippen molar-refractivity contribution in [2.45, 2.75) is 39.7 Å². The van der Waals surface area contributed by atoms with E-state index in [4.69, 9.17) is 0 Å². The second-order valence-electron chi connectivity index (χ2n) is 5.26. The van der Waals surface area contributed by atoms with E-state index in [2.05, 4.69) is 37.4 Å². The molecule has 0 amide bonds. The van der Waals surface area contributed by atoms with Crippen molar-refractivity contribution in [1.82, 2.24) is 15.1 Å². The van der Waals surface area contributed by atoms with E-state index in [-0.39, 0.29) is 0 Å². The Hall–Kier alpha value is -0.830. The lowest BCUT2D eigenvalue weighted by Gasteiger charge is -2.27. The molecule has 0 radical (unpaired) electrons. The van der Waals surface area contributed by atoms with Crippen LogP contribution in [0.5, 0.6) is 0 Å². The van der Waals surface area contributed by atoms with Gasteiger partial charge in [-0.3, -0.25) is 4.68 Å². The highest BCUT2D eigenvalue weighted by atomic mass is 15.2. The third kappa shape index (κ3) is 4.04. The van der Waals surface area contributed by atoms with E-state index < -0.39 is 0 Å². The summed E-state index contributed by atoms with van der Waals surface area (Å²) in [5.74, 6) is 0. The van der Waals surface area contributed by atoms with Crippen molar-refractivity contribution in [2.75, 3.05) is 7.05 Å². The summed E-state index contributed by atoms with van der Waals surface area (Å²) >= 11 is 0. The molecular weight excluding hydrogens is 186 g/mol. The maximum Gasteiger partial charge on any atom is 0.0521 e. The summed E-state index contributed by atoms with van der Waals surface area (Å²) in [6.07, 6.45) is 6.34. The summed E-state index contributed by atoms with van der Waals surface area (Å²) in [5.41, 5.74) is 1.65. The predicted octanol–water partition coefficient (Wildman–Crippen LogP) is 1.99. The number of hydrogen-bond donors (Lipinski definition) is 1. The molecule has 1 rings (SSSR count). The zero-order chi connectivity index (χ0) is 11.5. The van der Waals surface area contributed by atoms with Crippen molar-refractivity contribution in [3.63, 3.8) is 0 Å². The first kappa shape index (κ1) is 12.2. The standard InChI is InChI=1S/C12H23N3/c1-10(13-4)6-12(2,3)7-11-8-14-15(5)9-11/h8-10,13H,6-7H2,1-5H3. The average Bonchev–Trinajstić information content (AvgIpc) is 2.49. The van der Waals surface area contributed by atoms with Crippen LogP contribution in [0.25, 0.3) is 0 Å². The molecule has 1 heterocycles. The Kier molecular flexibility index (Phi) is 3.91. The zero-order valence-electron chi connectivity index (χ0n) is 10.5. The minimum absolute atomic E-state index is 0.325. The predicted molar refractivity (Wildman–Crippen MR) is 63.8 cm³/mol. The van der Waals surface area contributed by atoms with E-state index in [1.54, 1.807) is 0 Å². The van der Waals surface area contributed by atoms with Gasteiger partial charge in [-0.1, -0.05) is 13.8 Å². The van der Waals surface area contributed by atoms with Crippen LogP contribution in [0, 0.1) is 5.41 Å². The van der Waals surface area contributed by atoms with Gasteiger partial charge in [-0.15, -0.1) is 0 Å². The van der Waals surface area contributed by atoms with E-state index >= 15 is 0 Å². The number of hydrogen-bond acceptors (Lipinski definition) is 2. The Bertz CT molecular complexity index is 302. The van der Waals surface area contributed by atoms with Crippen molar-refractivity contribution in [3.05, 3.63) is 18.0 Å². The van der Waals surface area contributed by atoms with E-state index in [9.17, 15) is 0 Å². The molecule has 3 heteroatoms. The number of aryl methyl sites for hydroxylation is 1. The molecule has 86 valence electrons. The van der Waals surface area contributed by atoms with Crippen molar-refractivity contribution in [2.24, 2.45) is 12.5 Å². The zero-order valence-corrected chi connectivity index (χ0v) is 10.5. The number of aromatic nitrogens is 2. The maximum absolute atomic E-state index is 4.20. The lowest BCUT2D eigenvalue weighted by atomic mass is 9.81. The quantitative estimate of drug-likeness (QED) is 0.803. The molecule has 15 heavy (non-hydrogen) atoms. The Morgan fingerprint density at radius 1 is 1.53 bits per heavy atom. The fourth-order valence-corrected chi connectivity index (χ4v) is 2.12. The van der Waals surface area contributed by atoms with E-state index in [0.29, 0.717) is 11.5 Å². The van der Waals surface area contributed by atoms with Crippen molar-refractivity contribution in [3.8, 4) is 0 Å². The highest BCUT2D eigenvalue weighted by molar-refractivity contribution is 5.06. The van der Waals surface area contributed by atoms with Crippen LogP contribution in [0.2, 0.25) is 0 Å². The first-order valence-electron chi connectivity index (χ1n) is 5.58. The fourth-order valence-electron chi connectivity index (χ4n) is 2.12. The monoisotopic (exact) mass is 209 g/mol. The molecule has 1 aromatic heterocycles. The summed E-state index contributed by atoms with van der Waals surface area (Å²) < 4.78 is 1.87. The Morgan fingerprint density at radius 2 is 2.20 bits per heavy atom. The van der Waals surface area contributed by atoms with Gasteiger partial charge < -0.3 is 5.32 Å². The summed E-state index contributed by atoms with van der Waals surface area (Å²) in [6.45, 7) is 6.85. The van der Waals surface area contributed by atoms with Crippen LogP contribution in [0.1, 0.15) is 32.8 Å². The van der Waals surface area contributed by atoms with Gasteiger partial charge >= 0.3 is 0 Å². The number of rotatable bonds is 5. The van der Waals surface area contributed by atoms with Gasteiger partial charge in [0.2, 0.25) is 0 Å². The van der Waals surface area contributed by atoms with Crippen LogP contribution in [0.3, 0.4) is 0 Å². The minimum Gasteiger partial charge on any atom is -0.317 e. The van der Waals surface area contributed by atoms with Crippen LogP contribution in [0.15, 0.2) is 12.4 Å². The van der Waals surface area contributed by atoms with Gasteiger partial charge in [-0.25, -0.2) is 0 Å². The second kappa shape index (κ2) is 4.79. The molecule has 1 aromatic rings. The normalized spacial score (nSPS) is 14.2. The molecule has 0 spiro atoms. The van der Waals surface area contributed by atoms with Gasteiger partial charge in [0.05, 0.1) is 6.20 Å². The Morgan fingerprint density at radius 3 is 2.67 bits per heavy atom. The fraction of sp³-hybridized carbons (Fsp3) is 0.750. The summed E-state index contributed by atoms with van der Waals surface area (Å²) in [7, 11) is 3.98. The average molecular weight is 209 g/mol. The summed E-state index contributed by atoms with van der Waals surface area (Å²) in [6, 6.07) is 0.566. The molecule has 0 aliphatic carbocycles. The number of nitrogens with one attached hydrogen (secondary N) is 1. The number of nitrogens with zero attached hydrogens (tertiary/aromatic N) is 2. The first-order valence-corrected chi connectivity index (χ1v) is 5.58. The molecule has 0 aliphatic heterocycles. The molecule has 0 aliphatic rings. The highest BCUT2D eigenvalue weighted by Crippen LogP contribution is 2.27. The van der Waals surface area contributed by atoms with Gasteiger partial charge in [0.25, 0.3) is 0 Å². The van der Waals surface area contributed by atoms with Crippen LogP contribution in [-0.4, -0.2) is 22.9 Å². The van der Waals surface area contributed by atoms with Gasteiger partial charge in [0.15, 0.2) is 0 Å². The minimum atomic E-state index is 0.325. The third-order valence-electron chi connectivity index (χ3n) is 2.79. The van der Waals surface area contributed by atoms with E-state index in [0.717, 1.165) is 6.42 Å². The largest absolute Gasteiger partial charge is 0.317 e. The van der Waals surface area contributed by atoms with Gasteiger partial charge in [0, 0.05) is 19.3 Å². The lowest BCUT2D eigenvalue weighted by Crippen LogP contribution is -2.29. The second-order valence-corrected chi connectivity index (χ2v) is 5.26. The topological polar surface area (TPSA) is 29.9 Å². The van der Waals surface area contributed by atoms with Gasteiger partial charge in [-0.2, -0.15) is 5.10 Å². The SMILES string of the molecule is CNC(C)CC(C)(C)Cc1cnn(C)c1. The highest BCUT2D eigenvalue weighted by Gasteiger charge is 2.21. The maximum atomic E-state index is 4.20. The van der Waals surface area contributed by atoms with Gasteiger partial charge in [-0.05, 0) is 37.8 Å². The molecule has 1 N–H and O–H groups in total. The molecule has 1 unspecified atom stereocenters. The van der Waals surface area contributed by atoms with Crippen molar-refractivity contribution in [1.29, 1.82) is 0 Å². The third-order valence-corrected chi connectivity index (χ3v) is 2.79. The summed E-state index contributed by atoms with van der Waals surface area (Å²) in [4.78, 5) is 0. The molecule has 0 saturated carbocycles. The molecular formula is C12H23N3. The van der Waals surface area contributed by atoms with Crippen molar-refractivity contribution >= 4 is 0 Å². The van der Waals surface area contributed by atoms with Crippen LogP contribution in [-0.2, 0) is 13.5 Å². The Labute approximate surface area is 92.9 Å². The van der Waals surface area contributed by atoms with Crippen molar-refractivity contribution < 1.29 is 0 Å². The molecule has 3 nitrogen and oxygen atoms in total. The molecule has 1 atom stereocenters. The molecule has 0 aromatic carbocycles. The lowest BCUT2D eigenvalue weighted by molar-refractivity contribution is 0.293. The smallest absolute Gasteiger partial charge is 0.0521 e. The first-order chi connectivity index (χ1) is 6.93. The Balaban J connectivity index is 2.55. The van der Waals surface area contributed by atoms with Crippen LogP contribution < -0.4 is 5.32 Å². The molecule has 0 bridgehead atoms. The molecule has 0 saturated heterocycles. The molecule has 0 fully saturated rings.